The Bertz CT molecular complexity index is 457. The van der Waals surface area contributed by atoms with E-state index >= 15 is 0 Å². The molecule has 0 aliphatic rings. The van der Waals surface area contributed by atoms with E-state index in [1.807, 2.05) is 0 Å². The lowest BCUT2D eigenvalue weighted by Crippen LogP contribution is -2.00. The lowest BCUT2D eigenvalue weighted by Gasteiger charge is -1.93. The molecule has 0 aliphatic carbocycles. The molecule has 0 bridgehead atoms. The number of hydrogen-bond donors (Lipinski definition) is 2. The summed E-state index contributed by atoms with van der Waals surface area (Å²) >= 11 is 1.02. The SMILES string of the molecule is O=c1[nH]snc1-c1ccc(O)cc1. The first-order valence-electron chi connectivity index (χ1n) is 3.61. The fraction of sp³-hybridized carbons (Fsp3) is 0. The minimum Gasteiger partial charge on any atom is -0.508 e. The molecule has 66 valence electrons. The molecular weight excluding hydrogens is 188 g/mol. The van der Waals surface area contributed by atoms with E-state index in [4.69, 9.17) is 5.11 Å². The molecule has 0 aliphatic heterocycles. The van der Waals surface area contributed by atoms with Gasteiger partial charge < -0.3 is 5.11 Å². The Morgan fingerprint density at radius 3 is 2.54 bits per heavy atom. The van der Waals surface area contributed by atoms with Gasteiger partial charge in [-0.05, 0) is 24.3 Å². The second-order valence-corrected chi connectivity index (χ2v) is 3.08. The predicted octanol–water partition coefficient (Wildman–Crippen LogP) is 1.20. The summed E-state index contributed by atoms with van der Waals surface area (Å²) in [6.45, 7) is 0. The summed E-state index contributed by atoms with van der Waals surface area (Å²) in [5.41, 5.74) is 0.904. The Hall–Kier alpha value is -1.62. The quantitative estimate of drug-likeness (QED) is 0.717. The van der Waals surface area contributed by atoms with Crippen molar-refractivity contribution in [3.05, 3.63) is 34.6 Å². The van der Waals surface area contributed by atoms with E-state index in [1.165, 1.54) is 12.1 Å². The van der Waals surface area contributed by atoms with Gasteiger partial charge in [0, 0.05) is 17.3 Å². The molecule has 0 spiro atoms. The van der Waals surface area contributed by atoms with Crippen molar-refractivity contribution in [2.45, 2.75) is 0 Å². The van der Waals surface area contributed by atoms with Gasteiger partial charge in [0.2, 0.25) is 0 Å². The van der Waals surface area contributed by atoms with Gasteiger partial charge in [-0.25, -0.2) is 0 Å². The minimum absolute atomic E-state index is 0.176. The van der Waals surface area contributed by atoms with Gasteiger partial charge in [0.1, 0.15) is 5.75 Å². The van der Waals surface area contributed by atoms with E-state index in [2.05, 4.69) is 8.75 Å². The van der Waals surface area contributed by atoms with E-state index in [0.29, 0.717) is 11.3 Å². The second-order valence-electron chi connectivity index (χ2n) is 2.51. The summed E-state index contributed by atoms with van der Waals surface area (Å²) in [5.74, 6) is 0.176. The monoisotopic (exact) mass is 194 g/mol. The van der Waals surface area contributed by atoms with Gasteiger partial charge in [-0.2, -0.15) is 4.37 Å². The summed E-state index contributed by atoms with van der Waals surface area (Å²) in [5, 5.41) is 9.02. The van der Waals surface area contributed by atoms with E-state index in [-0.39, 0.29) is 11.3 Å². The summed E-state index contributed by atoms with van der Waals surface area (Å²) in [7, 11) is 0. The molecule has 1 heterocycles. The average Bonchev–Trinajstić information content (AvgIpc) is 2.53. The van der Waals surface area contributed by atoms with Crippen LogP contribution in [-0.2, 0) is 0 Å². The maximum absolute atomic E-state index is 11.1. The van der Waals surface area contributed by atoms with Crippen molar-refractivity contribution in [2.24, 2.45) is 0 Å². The molecule has 0 atom stereocenters. The molecule has 13 heavy (non-hydrogen) atoms. The highest BCUT2D eigenvalue weighted by Gasteiger charge is 2.04. The number of nitrogens with one attached hydrogen (secondary N) is 1. The van der Waals surface area contributed by atoms with Crippen molar-refractivity contribution in [3.63, 3.8) is 0 Å². The zero-order valence-corrected chi connectivity index (χ0v) is 7.34. The Morgan fingerprint density at radius 2 is 2.00 bits per heavy atom. The molecule has 4 nitrogen and oxygen atoms in total. The number of hydrogen-bond acceptors (Lipinski definition) is 4. The maximum atomic E-state index is 11.1. The van der Waals surface area contributed by atoms with Crippen molar-refractivity contribution in [1.29, 1.82) is 0 Å². The zero-order chi connectivity index (χ0) is 9.26. The lowest BCUT2D eigenvalue weighted by molar-refractivity contribution is 0.475. The fourth-order valence-corrected chi connectivity index (χ4v) is 1.51. The molecule has 0 fully saturated rings. The topological polar surface area (TPSA) is 66.0 Å². The van der Waals surface area contributed by atoms with Crippen LogP contribution < -0.4 is 5.56 Å². The van der Waals surface area contributed by atoms with Gasteiger partial charge in [0.15, 0.2) is 5.69 Å². The third-order valence-electron chi connectivity index (χ3n) is 1.63. The first-order chi connectivity index (χ1) is 6.27. The summed E-state index contributed by atoms with van der Waals surface area (Å²) in [6, 6.07) is 6.35. The van der Waals surface area contributed by atoms with Crippen LogP contribution in [0.2, 0.25) is 0 Å². The molecule has 2 rings (SSSR count). The van der Waals surface area contributed by atoms with Gasteiger partial charge in [-0.15, -0.1) is 0 Å². The number of phenols is 1. The van der Waals surface area contributed by atoms with Crippen LogP contribution in [-0.4, -0.2) is 13.9 Å². The van der Waals surface area contributed by atoms with Crippen molar-refractivity contribution >= 4 is 11.7 Å². The van der Waals surface area contributed by atoms with Crippen LogP contribution in [0.5, 0.6) is 5.75 Å². The highest BCUT2D eigenvalue weighted by molar-refractivity contribution is 6.99. The van der Waals surface area contributed by atoms with Crippen molar-refractivity contribution in [2.75, 3.05) is 0 Å². The zero-order valence-electron chi connectivity index (χ0n) is 6.52. The maximum Gasteiger partial charge on any atom is 0.285 e. The molecule has 0 radical (unpaired) electrons. The Labute approximate surface area is 77.8 Å². The molecule has 0 saturated heterocycles. The Kier molecular flexibility index (Phi) is 1.86. The predicted molar refractivity (Wildman–Crippen MR) is 49.8 cm³/mol. The molecule has 0 unspecified atom stereocenters. The number of aromatic hydroxyl groups is 1. The smallest absolute Gasteiger partial charge is 0.285 e. The van der Waals surface area contributed by atoms with Crippen LogP contribution in [0.25, 0.3) is 11.3 Å². The highest BCUT2D eigenvalue weighted by atomic mass is 32.1. The van der Waals surface area contributed by atoms with Gasteiger partial charge >= 0.3 is 0 Å². The van der Waals surface area contributed by atoms with Crippen LogP contribution in [0.3, 0.4) is 0 Å². The van der Waals surface area contributed by atoms with E-state index < -0.39 is 0 Å². The molecule has 5 heteroatoms. The van der Waals surface area contributed by atoms with Crippen molar-refractivity contribution in [3.8, 4) is 17.0 Å². The molecule has 1 aromatic heterocycles. The molecule has 2 aromatic rings. The van der Waals surface area contributed by atoms with Crippen LogP contribution in [0.15, 0.2) is 29.1 Å². The number of phenolic OH excluding ortho intramolecular Hbond substituents is 1. The molecule has 0 saturated carbocycles. The largest absolute Gasteiger partial charge is 0.508 e. The fourth-order valence-electron chi connectivity index (χ4n) is 1.00. The van der Waals surface area contributed by atoms with E-state index in [1.54, 1.807) is 12.1 Å². The Morgan fingerprint density at radius 1 is 1.31 bits per heavy atom. The third kappa shape index (κ3) is 1.46. The summed E-state index contributed by atoms with van der Waals surface area (Å²) < 4.78 is 6.40. The van der Waals surface area contributed by atoms with Crippen LogP contribution >= 0.6 is 11.7 Å². The van der Waals surface area contributed by atoms with Gasteiger partial charge in [0.25, 0.3) is 5.56 Å². The number of rotatable bonds is 1. The third-order valence-corrected chi connectivity index (χ3v) is 2.18. The van der Waals surface area contributed by atoms with Crippen molar-refractivity contribution in [1.82, 2.24) is 8.75 Å². The first-order valence-corrected chi connectivity index (χ1v) is 4.38. The number of aromatic nitrogens is 2. The number of H-pyrrole nitrogens is 1. The minimum atomic E-state index is -0.198. The van der Waals surface area contributed by atoms with E-state index in [0.717, 1.165) is 11.7 Å². The summed E-state index contributed by atoms with van der Waals surface area (Å²) in [6.07, 6.45) is 0. The van der Waals surface area contributed by atoms with Crippen LogP contribution in [0, 0.1) is 0 Å². The number of aromatic amines is 1. The highest BCUT2D eigenvalue weighted by Crippen LogP contribution is 2.17. The molecule has 2 N–H and O–H groups in total. The van der Waals surface area contributed by atoms with E-state index in [9.17, 15) is 4.79 Å². The molecular formula is C8H6N2O2S. The average molecular weight is 194 g/mol. The molecule has 0 amide bonds. The van der Waals surface area contributed by atoms with Gasteiger partial charge in [-0.3, -0.25) is 9.17 Å². The van der Waals surface area contributed by atoms with Crippen LogP contribution in [0.1, 0.15) is 0 Å². The second kappa shape index (κ2) is 3.02. The lowest BCUT2D eigenvalue weighted by atomic mass is 10.2. The normalized spacial score (nSPS) is 10.2. The standard InChI is InChI=1S/C8H6N2O2S/c11-6-3-1-5(2-4-6)7-8(12)10-13-9-7/h1-4,11H,(H,10,12). The van der Waals surface area contributed by atoms with Gasteiger partial charge in [-0.1, -0.05) is 0 Å². The van der Waals surface area contributed by atoms with Crippen LogP contribution in [0.4, 0.5) is 0 Å². The first kappa shape index (κ1) is 8.00. The number of benzene rings is 1. The summed E-state index contributed by atoms with van der Waals surface area (Å²) in [4.78, 5) is 11.1. The van der Waals surface area contributed by atoms with Gasteiger partial charge in [0.05, 0.1) is 0 Å². The number of nitrogens with zero attached hydrogens (tertiary/aromatic N) is 1. The Balaban J connectivity index is 2.54. The van der Waals surface area contributed by atoms with Crippen molar-refractivity contribution < 1.29 is 5.11 Å². The molecule has 1 aromatic carbocycles.